The van der Waals surface area contributed by atoms with Crippen LogP contribution in [0.25, 0.3) is 0 Å². The zero-order chi connectivity index (χ0) is 21.5. The molecule has 30 heavy (non-hydrogen) atoms. The lowest BCUT2D eigenvalue weighted by molar-refractivity contribution is 0.102. The van der Waals surface area contributed by atoms with Crippen LogP contribution in [-0.4, -0.2) is 20.4 Å². The van der Waals surface area contributed by atoms with Crippen molar-refractivity contribution >= 4 is 38.9 Å². The number of halogens is 2. The summed E-state index contributed by atoms with van der Waals surface area (Å²) >= 11 is 5.86. The molecule has 1 N–H and O–H groups in total. The highest BCUT2D eigenvalue weighted by Crippen LogP contribution is 2.37. The number of hydrogen-bond donors (Lipinski definition) is 1. The van der Waals surface area contributed by atoms with Gasteiger partial charge in [-0.05, 0) is 85.6 Å². The zero-order valence-electron chi connectivity index (χ0n) is 16.0. The highest BCUT2D eigenvalue weighted by molar-refractivity contribution is 7.92. The van der Waals surface area contributed by atoms with Crippen LogP contribution in [0.2, 0.25) is 5.02 Å². The summed E-state index contributed by atoms with van der Waals surface area (Å²) in [6, 6.07) is 16.1. The van der Waals surface area contributed by atoms with Gasteiger partial charge >= 0.3 is 0 Å². The van der Waals surface area contributed by atoms with E-state index in [0.717, 1.165) is 17.7 Å². The second-order valence-electron chi connectivity index (χ2n) is 7.11. The van der Waals surface area contributed by atoms with E-state index in [1.54, 1.807) is 49.4 Å². The van der Waals surface area contributed by atoms with Gasteiger partial charge in [-0.15, -0.1) is 0 Å². The molecule has 8 heteroatoms. The molecule has 3 aromatic rings. The quantitative estimate of drug-likeness (QED) is 0.624. The van der Waals surface area contributed by atoms with Crippen LogP contribution in [0.1, 0.15) is 22.8 Å². The normalized spacial score (nSPS) is 15.7. The van der Waals surface area contributed by atoms with E-state index in [-0.39, 0.29) is 16.8 Å². The molecule has 5 nitrogen and oxygen atoms in total. The van der Waals surface area contributed by atoms with Gasteiger partial charge in [0, 0.05) is 22.3 Å². The fourth-order valence-corrected chi connectivity index (χ4v) is 5.39. The predicted molar refractivity (Wildman–Crippen MR) is 115 cm³/mol. The Hall–Kier alpha value is -2.90. The van der Waals surface area contributed by atoms with Crippen molar-refractivity contribution in [3.05, 3.63) is 88.7 Å². The SMILES string of the molecule is C[C@H]1Cc2cc(C(=O)Nc3ccc(Cl)cc3)ccc2N1S(=O)(=O)c1ccc(F)cc1. The molecule has 0 unspecified atom stereocenters. The molecule has 4 rings (SSSR count). The molecule has 0 aromatic heterocycles. The lowest BCUT2D eigenvalue weighted by Gasteiger charge is -2.24. The molecule has 0 saturated heterocycles. The van der Waals surface area contributed by atoms with Crippen LogP contribution < -0.4 is 9.62 Å². The Morgan fingerprint density at radius 2 is 1.73 bits per heavy atom. The minimum Gasteiger partial charge on any atom is -0.322 e. The molecule has 0 spiro atoms. The molecule has 0 radical (unpaired) electrons. The second-order valence-corrected chi connectivity index (χ2v) is 9.36. The van der Waals surface area contributed by atoms with Gasteiger partial charge in [-0.1, -0.05) is 11.6 Å². The second kappa shape index (κ2) is 7.74. The Morgan fingerprint density at radius 3 is 2.40 bits per heavy atom. The zero-order valence-corrected chi connectivity index (χ0v) is 17.5. The summed E-state index contributed by atoms with van der Waals surface area (Å²) in [5.41, 5.74) is 2.32. The molecule has 0 aliphatic carbocycles. The van der Waals surface area contributed by atoms with E-state index in [1.807, 2.05) is 0 Å². The summed E-state index contributed by atoms with van der Waals surface area (Å²) in [4.78, 5) is 12.6. The molecule has 1 aliphatic heterocycles. The summed E-state index contributed by atoms with van der Waals surface area (Å²) in [6.45, 7) is 1.80. The third-order valence-electron chi connectivity index (χ3n) is 4.97. The largest absolute Gasteiger partial charge is 0.322 e. The number of sulfonamides is 1. The van der Waals surface area contributed by atoms with E-state index in [1.165, 1.54) is 16.4 Å². The molecule has 0 bridgehead atoms. The number of nitrogens with zero attached hydrogens (tertiary/aromatic N) is 1. The highest BCUT2D eigenvalue weighted by Gasteiger charge is 2.36. The number of amides is 1. The Kier molecular flexibility index (Phi) is 5.26. The van der Waals surface area contributed by atoms with Gasteiger partial charge in [0.1, 0.15) is 5.82 Å². The molecule has 154 valence electrons. The molecule has 0 saturated carbocycles. The standard InChI is InChI=1S/C22H18ClFN2O3S/c1-14-12-16-13-15(22(27)25-19-7-3-17(23)4-8-19)2-11-21(16)26(14)30(28,29)20-9-5-18(24)6-10-20/h2-11,13-14H,12H2,1H3,(H,25,27)/t14-/m0/s1. The van der Waals surface area contributed by atoms with Gasteiger partial charge in [-0.25, -0.2) is 12.8 Å². The third kappa shape index (κ3) is 3.78. The number of nitrogens with one attached hydrogen (secondary N) is 1. The van der Waals surface area contributed by atoms with Crippen molar-refractivity contribution in [3.8, 4) is 0 Å². The number of carbonyl (C=O) groups is 1. The average molecular weight is 445 g/mol. The van der Waals surface area contributed by atoms with Gasteiger partial charge in [0.2, 0.25) is 0 Å². The van der Waals surface area contributed by atoms with Gasteiger partial charge in [0.15, 0.2) is 0 Å². The minimum absolute atomic E-state index is 0.0214. The summed E-state index contributed by atoms with van der Waals surface area (Å²) in [5.74, 6) is -0.798. The van der Waals surface area contributed by atoms with Crippen molar-refractivity contribution in [2.75, 3.05) is 9.62 Å². The lowest BCUT2D eigenvalue weighted by Crippen LogP contribution is -2.35. The van der Waals surface area contributed by atoms with Crippen molar-refractivity contribution in [1.29, 1.82) is 0 Å². The summed E-state index contributed by atoms with van der Waals surface area (Å²) < 4.78 is 40.8. The number of benzene rings is 3. The van der Waals surface area contributed by atoms with E-state index >= 15 is 0 Å². The Balaban J connectivity index is 1.62. The maximum absolute atomic E-state index is 13.2. The summed E-state index contributed by atoms with van der Waals surface area (Å²) in [7, 11) is -3.85. The topological polar surface area (TPSA) is 66.5 Å². The van der Waals surface area contributed by atoms with Crippen LogP contribution in [0.15, 0.2) is 71.6 Å². The van der Waals surface area contributed by atoms with Crippen LogP contribution in [0.4, 0.5) is 15.8 Å². The Bertz CT molecular complexity index is 1210. The molecule has 1 atom stereocenters. The Labute approximate surface area is 179 Å². The van der Waals surface area contributed by atoms with Crippen molar-refractivity contribution in [1.82, 2.24) is 0 Å². The van der Waals surface area contributed by atoms with Gasteiger partial charge in [-0.3, -0.25) is 9.10 Å². The monoisotopic (exact) mass is 444 g/mol. The fourth-order valence-electron chi connectivity index (χ4n) is 3.57. The van der Waals surface area contributed by atoms with Crippen molar-refractivity contribution in [3.63, 3.8) is 0 Å². The molecular formula is C22H18ClFN2O3S. The van der Waals surface area contributed by atoms with E-state index in [0.29, 0.717) is 28.4 Å². The van der Waals surface area contributed by atoms with Gasteiger partial charge < -0.3 is 5.32 Å². The van der Waals surface area contributed by atoms with E-state index in [9.17, 15) is 17.6 Å². The average Bonchev–Trinajstić information content (AvgIpc) is 3.05. The first kappa shape index (κ1) is 20.4. The molecule has 1 amide bonds. The maximum atomic E-state index is 13.2. The smallest absolute Gasteiger partial charge is 0.264 e. The van der Waals surface area contributed by atoms with Crippen LogP contribution in [0.3, 0.4) is 0 Å². The van der Waals surface area contributed by atoms with Gasteiger partial charge in [0.05, 0.1) is 10.6 Å². The summed E-state index contributed by atoms with van der Waals surface area (Å²) in [5, 5.41) is 3.37. The van der Waals surface area contributed by atoms with E-state index < -0.39 is 15.8 Å². The van der Waals surface area contributed by atoms with E-state index in [2.05, 4.69) is 5.32 Å². The van der Waals surface area contributed by atoms with Crippen molar-refractivity contribution < 1.29 is 17.6 Å². The molecule has 1 heterocycles. The third-order valence-corrected chi connectivity index (χ3v) is 7.16. The van der Waals surface area contributed by atoms with Crippen molar-refractivity contribution in [2.45, 2.75) is 24.3 Å². The molecule has 3 aromatic carbocycles. The van der Waals surface area contributed by atoms with Gasteiger partial charge in [-0.2, -0.15) is 0 Å². The van der Waals surface area contributed by atoms with Crippen LogP contribution in [0, 0.1) is 5.82 Å². The van der Waals surface area contributed by atoms with Crippen LogP contribution >= 0.6 is 11.6 Å². The number of fused-ring (bicyclic) bond motifs is 1. The molecular weight excluding hydrogens is 427 g/mol. The Morgan fingerprint density at radius 1 is 1.07 bits per heavy atom. The van der Waals surface area contributed by atoms with Crippen LogP contribution in [0.5, 0.6) is 0 Å². The van der Waals surface area contributed by atoms with E-state index in [4.69, 9.17) is 11.6 Å². The minimum atomic E-state index is -3.85. The summed E-state index contributed by atoms with van der Waals surface area (Å²) in [6.07, 6.45) is 0.470. The fraction of sp³-hybridized carbons (Fsp3) is 0.136. The van der Waals surface area contributed by atoms with Crippen LogP contribution in [-0.2, 0) is 16.4 Å². The lowest BCUT2D eigenvalue weighted by atomic mass is 10.1. The van der Waals surface area contributed by atoms with Crippen molar-refractivity contribution in [2.24, 2.45) is 0 Å². The maximum Gasteiger partial charge on any atom is 0.264 e. The first-order valence-corrected chi connectivity index (χ1v) is 11.1. The highest BCUT2D eigenvalue weighted by atomic mass is 35.5. The first-order valence-electron chi connectivity index (χ1n) is 9.25. The predicted octanol–water partition coefficient (Wildman–Crippen LogP) is 4.87. The first-order chi connectivity index (χ1) is 14.3. The number of rotatable bonds is 4. The number of anilines is 2. The molecule has 0 fully saturated rings. The molecule has 1 aliphatic rings. The van der Waals surface area contributed by atoms with Gasteiger partial charge in [0.25, 0.3) is 15.9 Å². The number of carbonyl (C=O) groups excluding carboxylic acids is 1. The number of hydrogen-bond acceptors (Lipinski definition) is 3.